The van der Waals surface area contributed by atoms with Crippen LogP contribution in [0.3, 0.4) is 0 Å². The van der Waals surface area contributed by atoms with E-state index in [1.807, 2.05) is 0 Å². The molecule has 3 saturated heterocycles. The third-order valence-electron chi connectivity index (χ3n) is 6.59. The number of aromatic amines is 1. The number of imidazole rings is 1. The van der Waals surface area contributed by atoms with E-state index in [-0.39, 0.29) is 5.60 Å². The standard InChI is InChI=1S/C19H26N4O3S/c1-2-23-14-3-4-15(23)11-19(10-14)12-22(7-8-26-19)27(24,25)16-5-6-17-18(9-16)21-13-20-17/h5-6,9,13-15H,2-4,7-8,10-12H2,1H3,(H,20,21)/t14-,15+,19?. The van der Waals surface area contributed by atoms with Gasteiger partial charge in [0.15, 0.2) is 0 Å². The summed E-state index contributed by atoms with van der Waals surface area (Å²) in [4.78, 5) is 10.1. The van der Waals surface area contributed by atoms with Crippen LogP contribution in [0.1, 0.15) is 32.6 Å². The van der Waals surface area contributed by atoms with Crippen molar-refractivity contribution in [3.05, 3.63) is 24.5 Å². The summed E-state index contributed by atoms with van der Waals surface area (Å²) in [5.41, 5.74) is 1.19. The van der Waals surface area contributed by atoms with Gasteiger partial charge in [0.05, 0.1) is 34.5 Å². The Morgan fingerprint density at radius 2 is 2.07 bits per heavy atom. The fourth-order valence-corrected chi connectivity index (χ4v) is 6.92. The number of nitrogens with zero attached hydrogens (tertiary/aromatic N) is 3. The van der Waals surface area contributed by atoms with Crippen molar-refractivity contribution in [3.63, 3.8) is 0 Å². The number of sulfonamides is 1. The maximum absolute atomic E-state index is 13.3. The molecule has 4 heterocycles. The number of aromatic nitrogens is 2. The van der Waals surface area contributed by atoms with Crippen LogP contribution in [-0.4, -0.2) is 71.5 Å². The van der Waals surface area contributed by atoms with E-state index >= 15 is 0 Å². The average Bonchev–Trinajstić information content (AvgIpc) is 3.23. The largest absolute Gasteiger partial charge is 0.372 e. The fourth-order valence-electron chi connectivity index (χ4n) is 5.40. The van der Waals surface area contributed by atoms with Gasteiger partial charge in [-0.25, -0.2) is 13.4 Å². The summed E-state index contributed by atoms with van der Waals surface area (Å²) in [5.74, 6) is 0. The van der Waals surface area contributed by atoms with Gasteiger partial charge in [0, 0.05) is 25.2 Å². The number of fused-ring (bicyclic) bond motifs is 3. The van der Waals surface area contributed by atoms with E-state index in [2.05, 4.69) is 21.8 Å². The first kappa shape index (κ1) is 17.6. The van der Waals surface area contributed by atoms with Crippen molar-refractivity contribution in [2.24, 2.45) is 0 Å². The Morgan fingerprint density at radius 3 is 2.81 bits per heavy atom. The molecule has 1 aromatic carbocycles. The highest BCUT2D eigenvalue weighted by molar-refractivity contribution is 7.89. The van der Waals surface area contributed by atoms with E-state index in [1.165, 1.54) is 12.8 Å². The van der Waals surface area contributed by atoms with Crippen LogP contribution in [0.2, 0.25) is 0 Å². The molecule has 0 aliphatic carbocycles. The van der Waals surface area contributed by atoms with E-state index in [0.29, 0.717) is 36.7 Å². The summed E-state index contributed by atoms with van der Waals surface area (Å²) >= 11 is 0. The first-order valence-electron chi connectivity index (χ1n) is 9.84. The molecule has 1 unspecified atom stereocenters. The molecule has 0 amide bonds. The molecule has 146 valence electrons. The van der Waals surface area contributed by atoms with Crippen LogP contribution in [0.5, 0.6) is 0 Å². The molecule has 2 aromatic rings. The lowest BCUT2D eigenvalue weighted by Gasteiger charge is -2.50. The van der Waals surface area contributed by atoms with E-state index in [1.54, 1.807) is 28.8 Å². The molecule has 0 saturated carbocycles. The Balaban J connectivity index is 1.42. The van der Waals surface area contributed by atoms with Crippen LogP contribution in [0.15, 0.2) is 29.4 Å². The summed E-state index contributed by atoms with van der Waals surface area (Å²) in [7, 11) is -3.55. The minimum absolute atomic E-state index is 0.324. The topological polar surface area (TPSA) is 78.5 Å². The predicted molar refractivity (Wildman–Crippen MR) is 102 cm³/mol. The highest BCUT2D eigenvalue weighted by Crippen LogP contribution is 2.44. The minimum atomic E-state index is -3.55. The smallest absolute Gasteiger partial charge is 0.243 e. The van der Waals surface area contributed by atoms with Gasteiger partial charge in [-0.15, -0.1) is 0 Å². The van der Waals surface area contributed by atoms with Crippen LogP contribution >= 0.6 is 0 Å². The lowest BCUT2D eigenvalue weighted by molar-refractivity contribution is -0.134. The highest BCUT2D eigenvalue weighted by atomic mass is 32.2. The summed E-state index contributed by atoms with van der Waals surface area (Å²) in [6, 6.07) is 6.15. The molecule has 5 rings (SSSR count). The van der Waals surface area contributed by atoms with E-state index in [4.69, 9.17) is 4.74 Å². The predicted octanol–water partition coefficient (Wildman–Crippen LogP) is 1.97. The molecule has 1 N–H and O–H groups in total. The maximum Gasteiger partial charge on any atom is 0.243 e. The molecule has 3 atom stereocenters. The number of hydrogen-bond donors (Lipinski definition) is 1. The van der Waals surface area contributed by atoms with Crippen molar-refractivity contribution >= 4 is 21.1 Å². The zero-order chi connectivity index (χ0) is 18.6. The number of H-pyrrole nitrogens is 1. The molecule has 27 heavy (non-hydrogen) atoms. The number of hydrogen-bond acceptors (Lipinski definition) is 5. The van der Waals surface area contributed by atoms with Gasteiger partial charge in [0.25, 0.3) is 0 Å². The zero-order valence-electron chi connectivity index (χ0n) is 15.6. The van der Waals surface area contributed by atoms with Gasteiger partial charge in [0.1, 0.15) is 0 Å². The van der Waals surface area contributed by atoms with Crippen molar-refractivity contribution < 1.29 is 13.2 Å². The van der Waals surface area contributed by atoms with Crippen molar-refractivity contribution in [1.82, 2.24) is 19.2 Å². The van der Waals surface area contributed by atoms with E-state index in [9.17, 15) is 8.42 Å². The molecule has 8 heteroatoms. The molecular formula is C19H26N4O3S. The van der Waals surface area contributed by atoms with Crippen molar-refractivity contribution in [2.75, 3.05) is 26.2 Å². The van der Waals surface area contributed by atoms with Gasteiger partial charge in [-0.1, -0.05) is 6.92 Å². The van der Waals surface area contributed by atoms with Crippen molar-refractivity contribution in [2.45, 2.75) is 55.2 Å². The van der Waals surface area contributed by atoms with E-state index in [0.717, 1.165) is 30.4 Å². The number of morpholine rings is 1. The van der Waals surface area contributed by atoms with Crippen LogP contribution in [0.25, 0.3) is 11.0 Å². The number of nitrogens with one attached hydrogen (secondary N) is 1. The van der Waals surface area contributed by atoms with Crippen LogP contribution in [0, 0.1) is 0 Å². The lowest BCUT2D eigenvalue weighted by Crippen LogP contribution is -2.60. The number of piperidine rings is 1. The summed E-state index contributed by atoms with van der Waals surface area (Å²) < 4.78 is 34.5. The zero-order valence-corrected chi connectivity index (χ0v) is 16.4. The molecule has 2 bridgehead atoms. The minimum Gasteiger partial charge on any atom is -0.372 e. The molecule has 3 aliphatic heterocycles. The molecule has 7 nitrogen and oxygen atoms in total. The molecule has 3 fully saturated rings. The second kappa shape index (κ2) is 6.27. The second-order valence-electron chi connectivity index (χ2n) is 8.08. The number of rotatable bonds is 3. The van der Waals surface area contributed by atoms with Crippen molar-refractivity contribution in [1.29, 1.82) is 0 Å². The molecule has 1 spiro atoms. The Hall–Kier alpha value is -1.48. The molecule has 1 aromatic heterocycles. The highest BCUT2D eigenvalue weighted by Gasteiger charge is 2.51. The Labute approximate surface area is 159 Å². The van der Waals surface area contributed by atoms with Crippen molar-refractivity contribution in [3.8, 4) is 0 Å². The van der Waals surface area contributed by atoms with Gasteiger partial charge in [-0.2, -0.15) is 4.31 Å². The van der Waals surface area contributed by atoms with Gasteiger partial charge < -0.3 is 9.72 Å². The quantitative estimate of drug-likeness (QED) is 0.867. The summed E-state index contributed by atoms with van der Waals surface area (Å²) in [6.07, 6.45) is 5.85. The molecule has 0 radical (unpaired) electrons. The monoisotopic (exact) mass is 390 g/mol. The van der Waals surface area contributed by atoms with E-state index < -0.39 is 10.0 Å². The SMILES string of the molecule is CCN1[C@@H]2CC[C@H]1CC1(C2)CN(S(=O)(=O)c2ccc3nc[nH]c3c2)CCO1. The van der Waals surface area contributed by atoms with Crippen LogP contribution in [-0.2, 0) is 14.8 Å². The Kier molecular flexibility index (Phi) is 4.09. The summed E-state index contributed by atoms with van der Waals surface area (Å²) in [5, 5.41) is 0. The number of ether oxygens (including phenoxy) is 1. The fraction of sp³-hybridized carbons (Fsp3) is 0.632. The van der Waals surface area contributed by atoms with Gasteiger partial charge >= 0.3 is 0 Å². The van der Waals surface area contributed by atoms with Gasteiger partial charge in [0.2, 0.25) is 10.0 Å². The molecule has 3 aliphatic rings. The first-order chi connectivity index (χ1) is 13.0. The lowest BCUT2D eigenvalue weighted by atomic mass is 9.85. The Bertz CT molecular complexity index is 943. The Morgan fingerprint density at radius 1 is 1.30 bits per heavy atom. The van der Waals surface area contributed by atoms with Crippen LogP contribution in [0.4, 0.5) is 0 Å². The maximum atomic E-state index is 13.3. The number of benzene rings is 1. The third-order valence-corrected chi connectivity index (χ3v) is 8.44. The average molecular weight is 391 g/mol. The summed E-state index contributed by atoms with van der Waals surface area (Å²) in [6.45, 7) is 4.63. The normalized spacial score (nSPS) is 32.5. The van der Waals surface area contributed by atoms with Crippen LogP contribution < -0.4 is 0 Å². The van der Waals surface area contributed by atoms with Gasteiger partial charge in [-0.05, 0) is 50.4 Å². The third kappa shape index (κ3) is 2.81. The first-order valence-corrected chi connectivity index (χ1v) is 11.3. The van der Waals surface area contributed by atoms with Gasteiger partial charge in [-0.3, -0.25) is 4.90 Å². The molecular weight excluding hydrogens is 364 g/mol. The second-order valence-corrected chi connectivity index (χ2v) is 10.0.